The zero-order valence-electron chi connectivity index (χ0n) is 10.9. The van der Waals surface area contributed by atoms with Gasteiger partial charge >= 0.3 is 12.3 Å². The highest BCUT2D eigenvalue weighted by molar-refractivity contribution is 5.70. The van der Waals surface area contributed by atoms with Gasteiger partial charge in [0.25, 0.3) is 6.17 Å². The number of hydrogen-bond donors (Lipinski definition) is 0. The number of benzene rings is 2. The summed E-state index contributed by atoms with van der Waals surface area (Å²) in [5.74, 6) is -0.536. The minimum atomic E-state index is -5.72. The molecule has 2 rings (SSSR count). The summed E-state index contributed by atoms with van der Waals surface area (Å²) < 4.78 is 80.1. The standard InChI is InChI=1S/C15H10F6O/c16-13(14(17,18)19)15(20,21)22-12-9-5-4-8-11(12)10-6-2-1-3-7-10/h1-9,13H. The molecule has 0 aliphatic heterocycles. The lowest BCUT2D eigenvalue weighted by Gasteiger charge is -2.24. The van der Waals surface area contributed by atoms with E-state index in [1.54, 1.807) is 30.3 Å². The van der Waals surface area contributed by atoms with Gasteiger partial charge in [0.15, 0.2) is 0 Å². The minimum Gasteiger partial charge on any atom is -0.429 e. The molecule has 0 N–H and O–H groups in total. The first-order chi connectivity index (χ1) is 10.2. The van der Waals surface area contributed by atoms with Crippen LogP contribution in [0.5, 0.6) is 5.75 Å². The fourth-order valence-corrected chi connectivity index (χ4v) is 1.80. The van der Waals surface area contributed by atoms with E-state index in [1.165, 1.54) is 18.2 Å². The highest BCUT2D eigenvalue weighted by Gasteiger charge is 2.59. The predicted molar refractivity (Wildman–Crippen MR) is 68.4 cm³/mol. The van der Waals surface area contributed by atoms with Crippen molar-refractivity contribution >= 4 is 0 Å². The van der Waals surface area contributed by atoms with E-state index in [2.05, 4.69) is 4.74 Å². The first kappa shape index (κ1) is 16.2. The molecule has 0 saturated heterocycles. The molecule has 0 bridgehead atoms. The fourth-order valence-electron chi connectivity index (χ4n) is 1.80. The molecular weight excluding hydrogens is 310 g/mol. The van der Waals surface area contributed by atoms with E-state index in [0.29, 0.717) is 5.56 Å². The van der Waals surface area contributed by atoms with Crippen LogP contribution in [0.1, 0.15) is 0 Å². The highest BCUT2D eigenvalue weighted by Crippen LogP contribution is 2.39. The summed E-state index contributed by atoms with van der Waals surface area (Å²) in [5, 5.41) is 0. The summed E-state index contributed by atoms with van der Waals surface area (Å²) in [6.45, 7) is 0. The monoisotopic (exact) mass is 320 g/mol. The number of para-hydroxylation sites is 1. The second-order valence-corrected chi connectivity index (χ2v) is 4.43. The molecule has 0 amide bonds. The molecule has 2 aromatic rings. The van der Waals surface area contributed by atoms with Crippen molar-refractivity contribution in [2.75, 3.05) is 0 Å². The van der Waals surface area contributed by atoms with Gasteiger partial charge in [-0.05, 0) is 11.6 Å². The Morgan fingerprint density at radius 2 is 1.32 bits per heavy atom. The van der Waals surface area contributed by atoms with Crippen LogP contribution in [0.15, 0.2) is 54.6 Å². The molecule has 0 heterocycles. The van der Waals surface area contributed by atoms with Crippen LogP contribution < -0.4 is 4.74 Å². The Bertz CT molecular complexity index is 623. The summed E-state index contributed by atoms with van der Waals surface area (Å²) in [5.41, 5.74) is 0.591. The summed E-state index contributed by atoms with van der Waals surface area (Å²) >= 11 is 0. The van der Waals surface area contributed by atoms with E-state index in [0.717, 1.165) is 6.07 Å². The van der Waals surface area contributed by atoms with E-state index in [1.807, 2.05) is 0 Å². The van der Waals surface area contributed by atoms with Crippen LogP contribution in [0.2, 0.25) is 0 Å². The van der Waals surface area contributed by atoms with E-state index < -0.39 is 24.2 Å². The molecule has 0 aliphatic carbocycles. The van der Waals surface area contributed by atoms with Gasteiger partial charge < -0.3 is 4.74 Å². The number of hydrogen-bond acceptors (Lipinski definition) is 1. The van der Waals surface area contributed by atoms with Crippen molar-refractivity contribution in [1.29, 1.82) is 0 Å². The van der Waals surface area contributed by atoms with Gasteiger partial charge in [-0.15, -0.1) is 0 Å². The van der Waals surface area contributed by atoms with Crippen molar-refractivity contribution in [3.63, 3.8) is 0 Å². The molecule has 7 heteroatoms. The van der Waals surface area contributed by atoms with E-state index in [4.69, 9.17) is 0 Å². The number of rotatable bonds is 4. The van der Waals surface area contributed by atoms with Gasteiger partial charge in [0, 0.05) is 5.56 Å². The maximum absolute atomic E-state index is 13.4. The van der Waals surface area contributed by atoms with Crippen molar-refractivity contribution < 1.29 is 31.1 Å². The van der Waals surface area contributed by atoms with Crippen LogP contribution in [0, 0.1) is 0 Å². The van der Waals surface area contributed by atoms with Crippen LogP contribution in [-0.4, -0.2) is 18.5 Å². The van der Waals surface area contributed by atoms with E-state index >= 15 is 0 Å². The number of alkyl halides is 6. The van der Waals surface area contributed by atoms with Crippen LogP contribution >= 0.6 is 0 Å². The van der Waals surface area contributed by atoms with Crippen molar-refractivity contribution in [2.24, 2.45) is 0 Å². The summed E-state index contributed by atoms with van der Waals surface area (Å²) in [4.78, 5) is 0. The molecule has 0 radical (unpaired) electrons. The summed E-state index contributed by atoms with van der Waals surface area (Å²) in [6, 6.07) is 13.3. The van der Waals surface area contributed by atoms with Crippen LogP contribution in [0.4, 0.5) is 26.3 Å². The SMILES string of the molecule is FC(C(F)(F)F)C(F)(F)Oc1ccccc1-c1ccccc1. The molecule has 0 spiro atoms. The predicted octanol–water partition coefficient (Wildman–Crippen LogP) is 5.23. The van der Waals surface area contributed by atoms with Gasteiger partial charge in [0.05, 0.1) is 0 Å². The third-order valence-corrected chi connectivity index (χ3v) is 2.80. The van der Waals surface area contributed by atoms with Crippen LogP contribution in [0.25, 0.3) is 11.1 Å². The van der Waals surface area contributed by atoms with Gasteiger partial charge in [-0.2, -0.15) is 22.0 Å². The Morgan fingerprint density at radius 1 is 0.773 bits per heavy atom. The third-order valence-electron chi connectivity index (χ3n) is 2.80. The average Bonchev–Trinajstić information content (AvgIpc) is 2.46. The van der Waals surface area contributed by atoms with Crippen molar-refractivity contribution in [3.05, 3.63) is 54.6 Å². The molecule has 1 atom stereocenters. The first-order valence-corrected chi connectivity index (χ1v) is 6.14. The Morgan fingerprint density at radius 3 is 1.91 bits per heavy atom. The molecule has 1 nitrogen and oxygen atoms in total. The Kier molecular flexibility index (Phi) is 4.35. The van der Waals surface area contributed by atoms with Crippen molar-refractivity contribution in [2.45, 2.75) is 18.5 Å². The fraction of sp³-hybridized carbons (Fsp3) is 0.200. The normalized spacial score (nSPS) is 13.7. The van der Waals surface area contributed by atoms with Gasteiger partial charge in [-0.25, -0.2) is 4.39 Å². The lowest BCUT2D eigenvalue weighted by molar-refractivity contribution is -0.304. The smallest absolute Gasteiger partial charge is 0.429 e. The summed E-state index contributed by atoms with van der Waals surface area (Å²) in [6.07, 6.45) is -15.2. The largest absolute Gasteiger partial charge is 0.439 e. The molecule has 0 aliphatic rings. The molecule has 0 fully saturated rings. The van der Waals surface area contributed by atoms with E-state index in [9.17, 15) is 26.3 Å². The Balaban J connectivity index is 2.35. The first-order valence-electron chi connectivity index (χ1n) is 6.14. The average molecular weight is 320 g/mol. The lowest BCUT2D eigenvalue weighted by atomic mass is 10.0. The zero-order valence-corrected chi connectivity index (χ0v) is 10.9. The minimum absolute atomic E-state index is 0.136. The quantitative estimate of drug-likeness (QED) is 0.701. The molecular formula is C15H10F6O. The second-order valence-electron chi connectivity index (χ2n) is 4.43. The highest BCUT2D eigenvalue weighted by atomic mass is 19.4. The zero-order chi connectivity index (χ0) is 16.4. The van der Waals surface area contributed by atoms with Gasteiger partial charge in [-0.3, -0.25) is 0 Å². The van der Waals surface area contributed by atoms with Crippen LogP contribution in [-0.2, 0) is 0 Å². The topological polar surface area (TPSA) is 9.23 Å². The van der Waals surface area contributed by atoms with E-state index in [-0.39, 0.29) is 5.56 Å². The molecule has 0 aromatic heterocycles. The number of ether oxygens (including phenoxy) is 1. The van der Waals surface area contributed by atoms with Gasteiger partial charge in [-0.1, -0.05) is 48.5 Å². The number of halogens is 6. The molecule has 118 valence electrons. The maximum Gasteiger partial charge on any atom is 0.439 e. The van der Waals surface area contributed by atoms with Gasteiger partial charge in [0.2, 0.25) is 0 Å². The second kappa shape index (κ2) is 5.90. The Hall–Kier alpha value is -2.18. The lowest BCUT2D eigenvalue weighted by Crippen LogP contribution is -2.45. The van der Waals surface area contributed by atoms with Gasteiger partial charge in [0.1, 0.15) is 5.75 Å². The maximum atomic E-state index is 13.4. The van der Waals surface area contributed by atoms with Crippen molar-refractivity contribution in [3.8, 4) is 16.9 Å². The summed E-state index contributed by atoms with van der Waals surface area (Å²) in [7, 11) is 0. The third kappa shape index (κ3) is 3.52. The molecule has 0 saturated carbocycles. The molecule has 22 heavy (non-hydrogen) atoms. The van der Waals surface area contributed by atoms with Crippen LogP contribution in [0.3, 0.4) is 0 Å². The Labute approximate surface area is 122 Å². The van der Waals surface area contributed by atoms with Crippen molar-refractivity contribution in [1.82, 2.24) is 0 Å². The molecule has 2 aromatic carbocycles. The molecule has 1 unspecified atom stereocenters.